The minimum Gasteiger partial charge on any atom is -0.393 e. The largest absolute Gasteiger partial charge is 0.394 e. The van der Waals surface area contributed by atoms with Crippen LogP contribution in [-0.2, 0) is 10.4 Å². The molecule has 5 nitrogen and oxygen atoms in total. The maximum absolute atomic E-state index is 10.0. The van der Waals surface area contributed by atoms with Gasteiger partial charge >= 0.3 is 10.4 Å². The van der Waals surface area contributed by atoms with E-state index in [2.05, 4.69) is 46.4 Å². The maximum Gasteiger partial charge on any atom is 0.394 e. The molecule has 3 rings (SSSR count). The van der Waals surface area contributed by atoms with E-state index in [0.29, 0.717) is 5.41 Å². The van der Waals surface area contributed by atoms with Gasteiger partial charge in [0.25, 0.3) is 0 Å². The second-order valence-electron chi connectivity index (χ2n) is 11.3. The molecule has 0 aliphatic heterocycles. The van der Waals surface area contributed by atoms with E-state index in [1.54, 1.807) is 5.57 Å². The van der Waals surface area contributed by atoms with Crippen LogP contribution < -0.4 is 0 Å². The SMILES string of the molecule is C=C1CC[C@H](O)C/C1=C\C=C1/CCC[C@]2(C)[C@@H](C(C)CCCC(C)C)CC[C@@H]12.O=S(=O)(O)O. The third-order valence-electron chi connectivity index (χ3n) is 8.35. The molecule has 0 aromatic heterocycles. The van der Waals surface area contributed by atoms with Gasteiger partial charge < -0.3 is 5.11 Å². The Kier molecular flexibility index (Phi) is 10.4. The second kappa shape index (κ2) is 12.1. The highest BCUT2D eigenvalue weighted by Crippen LogP contribution is 2.59. The Balaban J connectivity index is 0.000000696. The number of hydrogen-bond acceptors (Lipinski definition) is 3. The van der Waals surface area contributed by atoms with Crippen molar-refractivity contribution in [3.8, 4) is 0 Å². The summed E-state index contributed by atoms with van der Waals surface area (Å²) in [4.78, 5) is 0. The molecule has 3 aliphatic carbocycles. The molecule has 190 valence electrons. The van der Waals surface area contributed by atoms with E-state index >= 15 is 0 Å². The molecule has 33 heavy (non-hydrogen) atoms. The standard InChI is InChI=1S/C27H44O.H2O4S/c1-19(2)8-6-9-21(4)25-15-16-26-22(10-7-17-27(25,26)5)12-13-23-18-24(28)14-11-20(23)3;1-5(2,3)4/h12-13,19,21,24-26,28H,3,6-11,14-18H2,1-2,4-5H3;(H2,1,2,3,4)/b22-12+,23-13+;/t21?,24-,25+,26-,27+;/m0./s1. The summed E-state index contributed by atoms with van der Waals surface area (Å²) >= 11 is 0. The molecule has 3 saturated carbocycles. The van der Waals surface area contributed by atoms with Crippen LogP contribution in [0, 0.1) is 29.1 Å². The van der Waals surface area contributed by atoms with Crippen molar-refractivity contribution in [2.45, 2.75) is 104 Å². The molecule has 0 bridgehead atoms. The summed E-state index contributed by atoms with van der Waals surface area (Å²) in [6.07, 6.45) is 18.2. The van der Waals surface area contributed by atoms with Crippen LogP contribution in [0.25, 0.3) is 0 Å². The lowest BCUT2D eigenvalue weighted by Gasteiger charge is -2.44. The zero-order valence-corrected chi connectivity index (χ0v) is 21.9. The fraction of sp³-hybridized carbons (Fsp3) is 0.778. The van der Waals surface area contributed by atoms with E-state index < -0.39 is 10.4 Å². The molecule has 0 radical (unpaired) electrons. The van der Waals surface area contributed by atoms with Gasteiger partial charge in [-0.25, -0.2) is 0 Å². The monoisotopic (exact) mass is 482 g/mol. The zero-order valence-electron chi connectivity index (χ0n) is 21.1. The molecule has 1 unspecified atom stereocenters. The van der Waals surface area contributed by atoms with Crippen molar-refractivity contribution in [2.75, 3.05) is 0 Å². The molecule has 3 N–H and O–H groups in total. The van der Waals surface area contributed by atoms with E-state index in [4.69, 9.17) is 17.5 Å². The van der Waals surface area contributed by atoms with E-state index in [1.165, 1.54) is 62.5 Å². The lowest BCUT2D eigenvalue weighted by Crippen LogP contribution is -2.36. The van der Waals surface area contributed by atoms with Crippen LogP contribution in [0.3, 0.4) is 0 Å². The predicted molar refractivity (Wildman–Crippen MR) is 135 cm³/mol. The highest BCUT2D eigenvalue weighted by atomic mass is 32.3. The predicted octanol–water partition coefficient (Wildman–Crippen LogP) is 6.97. The highest BCUT2D eigenvalue weighted by molar-refractivity contribution is 7.79. The van der Waals surface area contributed by atoms with Gasteiger partial charge in [0.2, 0.25) is 0 Å². The Bertz CT molecular complexity index is 817. The number of rotatable bonds is 6. The van der Waals surface area contributed by atoms with Gasteiger partial charge in [-0.3, -0.25) is 9.11 Å². The van der Waals surface area contributed by atoms with Gasteiger partial charge in [0.05, 0.1) is 6.10 Å². The lowest BCUT2D eigenvalue weighted by molar-refractivity contribution is 0.0928. The second-order valence-corrected chi connectivity index (χ2v) is 12.2. The Morgan fingerprint density at radius 2 is 1.76 bits per heavy atom. The van der Waals surface area contributed by atoms with Crippen molar-refractivity contribution >= 4 is 10.4 Å². The smallest absolute Gasteiger partial charge is 0.393 e. The third-order valence-corrected chi connectivity index (χ3v) is 8.35. The molecule has 0 amide bonds. The van der Waals surface area contributed by atoms with E-state index in [0.717, 1.165) is 42.9 Å². The van der Waals surface area contributed by atoms with Gasteiger partial charge in [-0.1, -0.05) is 76.8 Å². The third kappa shape index (κ3) is 8.65. The molecule has 3 aliphatic rings. The molecule has 0 aromatic rings. The van der Waals surface area contributed by atoms with Gasteiger partial charge in [0.1, 0.15) is 0 Å². The Labute approximate surface area is 202 Å². The molecule has 0 aromatic carbocycles. The van der Waals surface area contributed by atoms with E-state index in [1.807, 2.05) is 0 Å². The fourth-order valence-electron chi connectivity index (χ4n) is 6.66. The normalized spacial score (nSPS) is 33.7. The van der Waals surface area contributed by atoms with Crippen LogP contribution in [0.4, 0.5) is 0 Å². The molecular formula is C27H46O5S. The minimum atomic E-state index is -4.67. The summed E-state index contributed by atoms with van der Waals surface area (Å²) in [6.45, 7) is 14.1. The van der Waals surface area contributed by atoms with Crippen LogP contribution in [0.15, 0.2) is 35.5 Å². The highest BCUT2D eigenvalue weighted by Gasteiger charge is 2.50. The Morgan fingerprint density at radius 1 is 1.09 bits per heavy atom. The molecule has 0 heterocycles. The van der Waals surface area contributed by atoms with Crippen LogP contribution in [0.5, 0.6) is 0 Å². The van der Waals surface area contributed by atoms with E-state index in [9.17, 15) is 5.11 Å². The average Bonchev–Trinajstić information content (AvgIpc) is 3.04. The van der Waals surface area contributed by atoms with Crippen molar-refractivity contribution in [2.24, 2.45) is 29.1 Å². The van der Waals surface area contributed by atoms with Crippen LogP contribution in [0.1, 0.15) is 98.3 Å². The van der Waals surface area contributed by atoms with Crippen molar-refractivity contribution in [1.82, 2.24) is 0 Å². The van der Waals surface area contributed by atoms with Gasteiger partial charge in [-0.2, -0.15) is 8.42 Å². The number of aliphatic hydroxyl groups excluding tert-OH is 1. The van der Waals surface area contributed by atoms with Crippen LogP contribution >= 0.6 is 0 Å². The van der Waals surface area contributed by atoms with Crippen LogP contribution in [0.2, 0.25) is 0 Å². The maximum atomic E-state index is 10.0. The van der Waals surface area contributed by atoms with Crippen molar-refractivity contribution in [3.05, 3.63) is 35.5 Å². The van der Waals surface area contributed by atoms with Crippen molar-refractivity contribution in [1.29, 1.82) is 0 Å². The van der Waals surface area contributed by atoms with Crippen molar-refractivity contribution < 1.29 is 22.6 Å². The van der Waals surface area contributed by atoms with E-state index in [-0.39, 0.29) is 6.10 Å². The molecular weight excluding hydrogens is 436 g/mol. The van der Waals surface area contributed by atoms with Gasteiger partial charge in [0, 0.05) is 0 Å². The lowest BCUT2D eigenvalue weighted by atomic mass is 9.60. The Morgan fingerprint density at radius 3 is 2.39 bits per heavy atom. The fourth-order valence-corrected chi connectivity index (χ4v) is 6.66. The average molecular weight is 483 g/mol. The first-order valence-electron chi connectivity index (χ1n) is 12.8. The summed E-state index contributed by atoms with van der Waals surface area (Å²) in [5, 5.41) is 10.0. The molecule has 0 spiro atoms. The summed E-state index contributed by atoms with van der Waals surface area (Å²) in [5.74, 6) is 3.37. The number of allylic oxidation sites excluding steroid dienone is 4. The zero-order chi connectivity index (χ0) is 24.8. The summed E-state index contributed by atoms with van der Waals surface area (Å²) in [6, 6.07) is 0. The Hall–Kier alpha value is -0.950. The minimum absolute atomic E-state index is 0.172. The quantitative estimate of drug-likeness (QED) is 0.355. The van der Waals surface area contributed by atoms with Gasteiger partial charge in [-0.05, 0) is 86.0 Å². The summed E-state index contributed by atoms with van der Waals surface area (Å²) < 4.78 is 31.6. The number of fused-ring (bicyclic) bond motifs is 1. The summed E-state index contributed by atoms with van der Waals surface area (Å²) in [7, 11) is -4.67. The molecule has 3 fully saturated rings. The molecule has 0 saturated heterocycles. The van der Waals surface area contributed by atoms with Gasteiger partial charge in [-0.15, -0.1) is 0 Å². The van der Waals surface area contributed by atoms with Crippen LogP contribution in [-0.4, -0.2) is 28.7 Å². The van der Waals surface area contributed by atoms with Gasteiger partial charge in [0.15, 0.2) is 0 Å². The first kappa shape index (κ1) is 28.3. The summed E-state index contributed by atoms with van der Waals surface area (Å²) in [5.41, 5.74) is 4.72. The first-order chi connectivity index (χ1) is 15.3. The number of aliphatic hydroxyl groups is 1. The topological polar surface area (TPSA) is 94.8 Å². The number of hydrogen-bond donors (Lipinski definition) is 3. The molecule has 6 heteroatoms. The molecule has 5 atom stereocenters. The first-order valence-corrected chi connectivity index (χ1v) is 14.2. The van der Waals surface area contributed by atoms with Crippen molar-refractivity contribution in [3.63, 3.8) is 0 Å².